The Bertz CT molecular complexity index is 862. The van der Waals surface area contributed by atoms with Crippen molar-refractivity contribution in [2.75, 3.05) is 0 Å². The van der Waals surface area contributed by atoms with Crippen LogP contribution in [0.2, 0.25) is 0 Å². The first-order chi connectivity index (χ1) is 10.4. The lowest BCUT2D eigenvalue weighted by Crippen LogP contribution is -2.17. The Morgan fingerprint density at radius 2 is 1.50 bits per heavy atom. The SMILES string of the molecule is Cc1ccc(O)cc1C1=CC(=O)c2c(O)ccc(O)c2C1=O. The number of hydrogen-bond donors (Lipinski definition) is 3. The van der Waals surface area contributed by atoms with Crippen LogP contribution in [0.25, 0.3) is 5.57 Å². The monoisotopic (exact) mass is 296 g/mol. The van der Waals surface area contributed by atoms with Crippen LogP contribution in [-0.2, 0) is 0 Å². The van der Waals surface area contributed by atoms with E-state index in [1.165, 1.54) is 12.1 Å². The van der Waals surface area contributed by atoms with Crippen molar-refractivity contribution in [1.82, 2.24) is 0 Å². The highest BCUT2D eigenvalue weighted by Gasteiger charge is 2.32. The van der Waals surface area contributed by atoms with Gasteiger partial charge in [0.25, 0.3) is 0 Å². The van der Waals surface area contributed by atoms with E-state index in [4.69, 9.17) is 0 Å². The number of aromatic hydroxyl groups is 3. The molecular weight excluding hydrogens is 284 g/mol. The minimum atomic E-state index is -0.572. The van der Waals surface area contributed by atoms with Crippen molar-refractivity contribution in [3.05, 3.63) is 58.7 Å². The molecule has 0 aromatic heterocycles. The minimum absolute atomic E-state index is 0.0346. The van der Waals surface area contributed by atoms with Crippen LogP contribution in [0.15, 0.2) is 36.4 Å². The molecule has 0 heterocycles. The lowest BCUT2D eigenvalue weighted by atomic mass is 9.84. The van der Waals surface area contributed by atoms with Crippen LogP contribution >= 0.6 is 0 Å². The van der Waals surface area contributed by atoms with Gasteiger partial charge in [-0.1, -0.05) is 6.07 Å². The fraction of sp³-hybridized carbons (Fsp3) is 0.0588. The molecule has 0 fully saturated rings. The summed E-state index contributed by atoms with van der Waals surface area (Å²) in [5, 5.41) is 29.3. The van der Waals surface area contributed by atoms with E-state index in [0.29, 0.717) is 11.1 Å². The summed E-state index contributed by atoms with van der Waals surface area (Å²) in [5.74, 6) is -1.89. The summed E-state index contributed by atoms with van der Waals surface area (Å²) >= 11 is 0. The second kappa shape index (κ2) is 4.73. The topological polar surface area (TPSA) is 94.8 Å². The second-order valence-electron chi connectivity index (χ2n) is 5.10. The van der Waals surface area contributed by atoms with Gasteiger partial charge in [0, 0.05) is 5.57 Å². The maximum absolute atomic E-state index is 12.6. The van der Waals surface area contributed by atoms with E-state index in [9.17, 15) is 24.9 Å². The summed E-state index contributed by atoms with van der Waals surface area (Å²) in [6.07, 6.45) is 1.12. The Balaban J connectivity index is 2.26. The quantitative estimate of drug-likeness (QED) is 0.703. The highest BCUT2D eigenvalue weighted by Crippen LogP contribution is 2.38. The number of aryl methyl sites for hydroxylation is 1. The van der Waals surface area contributed by atoms with Crippen LogP contribution in [0.3, 0.4) is 0 Å². The predicted octanol–water partition coefficient (Wildman–Crippen LogP) is 2.57. The number of phenolic OH excluding ortho intramolecular Hbond substituents is 3. The van der Waals surface area contributed by atoms with Gasteiger partial charge in [0.05, 0.1) is 11.1 Å². The third-order valence-corrected chi connectivity index (χ3v) is 3.67. The van der Waals surface area contributed by atoms with Crippen molar-refractivity contribution >= 4 is 17.1 Å². The molecule has 5 heteroatoms. The Hall–Kier alpha value is -3.08. The van der Waals surface area contributed by atoms with Crippen LogP contribution in [-0.4, -0.2) is 26.9 Å². The van der Waals surface area contributed by atoms with Gasteiger partial charge < -0.3 is 15.3 Å². The van der Waals surface area contributed by atoms with Crippen molar-refractivity contribution in [3.63, 3.8) is 0 Å². The lowest BCUT2D eigenvalue weighted by molar-refractivity contribution is 0.0996. The molecule has 0 amide bonds. The van der Waals surface area contributed by atoms with E-state index in [0.717, 1.165) is 18.2 Å². The van der Waals surface area contributed by atoms with Crippen molar-refractivity contribution in [2.24, 2.45) is 0 Å². The van der Waals surface area contributed by atoms with Crippen molar-refractivity contribution < 1.29 is 24.9 Å². The van der Waals surface area contributed by atoms with Crippen LogP contribution in [0.5, 0.6) is 17.2 Å². The molecule has 1 aliphatic carbocycles. The standard InChI is InChI=1S/C17H12O5/c1-8-2-3-9(18)6-10(8)11-7-14(21)15-12(19)4-5-13(20)16(15)17(11)22/h2-7,18-20H,1H3. The maximum Gasteiger partial charge on any atom is 0.198 e. The smallest absolute Gasteiger partial charge is 0.198 e. The van der Waals surface area contributed by atoms with Crippen LogP contribution < -0.4 is 0 Å². The first-order valence-corrected chi connectivity index (χ1v) is 6.56. The Labute approximate surface area is 125 Å². The Morgan fingerprint density at radius 1 is 0.864 bits per heavy atom. The van der Waals surface area contributed by atoms with Crippen LogP contribution in [0, 0.1) is 6.92 Å². The third kappa shape index (κ3) is 1.95. The number of carbonyl (C=O) groups is 2. The van der Waals surface area contributed by atoms with Gasteiger partial charge in [-0.2, -0.15) is 0 Å². The van der Waals surface area contributed by atoms with Gasteiger partial charge in [-0.15, -0.1) is 0 Å². The van der Waals surface area contributed by atoms with E-state index in [1.807, 2.05) is 0 Å². The summed E-state index contributed by atoms with van der Waals surface area (Å²) in [5.41, 5.74) is 0.767. The zero-order valence-corrected chi connectivity index (χ0v) is 11.6. The fourth-order valence-electron chi connectivity index (χ4n) is 2.56. The van der Waals surface area contributed by atoms with E-state index in [2.05, 4.69) is 0 Å². The molecular formula is C17H12O5. The lowest BCUT2D eigenvalue weighted by Gasteiger charge is -2.18. The number of fused-ring (bicyclic) bond motifs is 1. The summed E-state index contributed by atoms with van der Waals surface area (Å²) < 4.78 is 0. The molecule has 110 valence electrons. The molecule has 5 nitrogen and oxygen atoms in total. The number of rotatable bonds is 1. The second-order valence-corrected chi connectivity index (χ2v) is 5.10. The van der Waals surface area contributed by atoms with E-state index in [1.54, 1.807) is 13.0 Å². The average molecular weight is 296 g/mol. The number of carbonyl (C=O) groups excluding carboxylic acids is 2. The molecule has 1 aliphatic rings. The molecule has 0 unspecified atom stereocenters. The number of hydrogen-bond acceptors (Lipinski definition) is 5. The van der Waals surface area contributed by atoms with Gasteiger partial charge in [0.15, 0.2) is 11.6 Å². The van der Waals surface area contributed by atoms with E-state index in [-0.39, 0.29) is 33.9 Å². The van der Waals surface area contributed by atoms with Gasteiger partial charge in [-0.05, 0) is 48.4 Å². The molecule has 0 bridgehead atoms. The largest absolute Gasteiger partial charge is 0.508 e. The number of ketones is 2. The molecule has 0 spiro atoms. The fourth-order valence-corrected chi connectivity index (χ4v) is 2.56. The Kier molecular flexibility index (Phi) is 2.99. The summed E-state index contributed by atoms with van der Waals surface area (Å²) in [4.78, 5) is 24.8. The van der Waals surface area contributed by atoms with Gasteiger partial charge in [-0.25, -0.2) is 0 Å². The number of phenols is 3. The molecule has 0 radical (unpaired) electrons. The molecule has 0 aliphatic heterocycles. The highest BCUT2D eigenvalue weighted by atomic mass is 16.3. The van der Waals surface area contributed by atoms with Gasteiger partial charge >= 0.3 is 0 Å². The summed E-state index contributed by atoms with van der Waals surface area (Å²) in [6, 6.07) is 6.82. The van der Waals surface area contributed by atoms with Crippen molar-refractivity contribution in [3.8, 4) is 17.2 Å². The first kappa shape index (κ1) is 13.9. The first-order valence-electron chi connectivity index (χ1n) is 6.56. The molecule has 2 aromatic carbocycles. The van der Waals surface area contributed by atoms with Crippen LogP contribution in [0.4, 0.5) is 0 Å². The van der Waals surface area contributed by atoms with Gasteiger partial charge in [0.1, 0.15) is 17.2 Å². The molecule has 0 atom stereocenters. The number of allylic oxidation sites excluding steroid dienone is 2. The number of Topliss-reactive ketones (excluding diaryl/α,β-unsaturated/α-hetero) is 1. The van der Waals surface area contributed by atoms with Gasteiger partial charge in [-0.3, -0.25) is 9.59 Å². The highest BCUT2D eigenvalue weighted by molar-refractivity contribution is 6.40. The van der Waals surface area contributed by atoms with Crippen molar-refractivity contribution in [1.29, 1.82) is 0 Å². The zero-order chi connectivity index (χ0) is 16.0. The normalized spacial score (nSPS) is 13.8. The average Bonchev–Trinajstić information content (AvgIpc) is 2.48. The minimum Gasteiger partial charge on any atom is -0.508 e. The molecule has 0 saturated carbocycles. The van der Waals surface area contributed by atoms with Gasteiger partial charge in [0.2, 0.25) is 0 Å². The third-order valence-electron chi connectivity index (χ3n) is 3.67. The Morgan fingerprint density at radius 3 is 2.18 bits per heavy atom. The van der Waals surface area contributed by atoms with E-state index >= 15 is 0 Å². The molecule has 22 heavy (non-hydrogen) atoms. The molecule has 3 rings (SSSR count). The summed E-state index contributed by atoms with van der Waals surface area (Å²) in [7, 11) is 0. The predicted molar refractivity (Wildman–Crippen MR) is 79.3 cm³/mol. The molecule has 3 N–H and O–H groups in total. The zero-order valence-electron chi connectivity index (χ0n) is 11.6. The number of benzene rings is 2. The van der Waals surface area contributed by atoms with Crippen LogP contribution in [0.1, 0.15) is 31.8 Å². The summed E-state index contributed by atoms with van der Waals surface area (Å²) in [6.45, 7) is 1.74. The maximum atomic E-state index is 12.6. The van der Waals surface area contributed by atoms with Crippen molar-refractivity contribution in [2.45, 2.75) is 6.92 Å². The van der Waals surface area contributed by atoms with E-state index < -0.39 is 11.6 Å². The molecule has 0 saturated heterocycles. The molecule has 2 aromatic rings.